The number of aromatic carboxylic acids is 1. The van der Waals surface area contributed by atoms with Crippen LogP contribution in [0.2, 0.25) is 0 Å². The molecule has 1 fully saturated rings. The molecular weight excluding hydrogens is 254 g/mol. The molecule has 4 heteroatoms. The molecule has 0 spiro atoms. The van der Waals surface area contributed by atoms with E-state index >= 15 is 0 Å². The molecule has 0 amide bonds. The predicted molar refractivity (Wildman–Crippen MR) is 80.3 cm³/mol. The summed E-state index contributed by atoms with van der Waals surface area (Å²) in [5, 5.41) is 19.0. The number of nitrogens with zero attached hydrogens (tertiary/aromatic N) is 1. The van der Waals surface area contributed by atoms with Gasteiger partial charge in [0.25, 0.3) is 0 Å². The highest BCUT2D eigenvalue weighted by Crippen LogP contribution is 2.31. The molecular formula is C16H21NO3. The van der Waals surface area contributed by atoms with Gasteiger partial charge >= 0.3 is 5.97 Å². The SMILES string of the molecule is C=C(O)c1cccc(N2CCC(CC)CC2)c1C(=O)O. The number of aliphatic hydroxyl groups excluding tert-OH is 1. The first-order valence-electron chi connectivity index (χ1n) is 7.04. The van der Waals surface area contributed by atoms with Crippen molar-refractivity contribution in [2.24, 2.45) is 5.92 Å². The molecule has 2 N–H and O–H groups in total. The number of rotatable bonds is 4. The van der Waals surface area contributed by atoms with Crippen LogP contribution < -0.4 is 4.90 Å². The highest BCUT2D eigenvalue weighted by Gasteiger charge is 2.24. The Kier molecular flexibility index (Phi) is 4.32. The fourth-order valence-corrected chi connectivity index (χ4v) is 2.85. The highest BCUT2D eigenvalue weighted by molar-refractivity contribution is 5.99. The van der Waals surface area contributed by atoms with Crippen LogP contribution in [0.3, 0.4) is 0 Å². The van der Waals surface area contributed by atoms with Crippen molar-refractivity contribution in [2.75, 3.05) is 18.0 Å². The van der Waals surface area contributed by atoms with E-state index in [4.69, 9.17) is 0 Å². The molecule has 1 aliphatic heterocycles. The fraction of sp³-hybridized carbons (Fsp3) is 0.438. The van der Waals surface area contributed by atoms with E-state index in [0.717, 1.165) is 31.8 Å². The van der Waals surface area contributed by atoms with Gasteiger partial charge in [-0.3, -0.25) is 0 Å². The van der Waals surface area contributed by atoms with E-state index in [2.05, 4.69) is 18.4 Å². The summed E-state index contributed by atoms with van der Waals surface area (Å²) in [6.07, 6.45) is 3.34. The van der Waals surface area contributed by atoms with Gasteiger partial charge in [0.2, 0.25) is 0 Å². The molecule has 1 aromatic carbocycles. The van der Waals surface area contributed by atoms with Crippen molar-refractivity contribution >= 4 is 17.4 Å². The lowest BCUT2D eigenvalue weighted by Gasteiger charge is -2.34. The minimum atomic E-state index is -1.02. The standard InChI is InChI=1S/C16H21NO3/c1-3-12-7-9-17(10-8-12)14-6-4-5-13(11(2)18)15(14)16(19)20/h4-6,12,18H,2-3,7-10H2,1H3,(H,19,20). The third-order valence-corrected chi connectivity index (χ3v) is 4.10. The van der Waals surface area contributed by atoms with Crippen molar-refractivity contribution in [2.45, 2.75) is 26.2 Å². The van der Waals surface area contributed by atoms with Crippen molar-refractivity contribution in [1.82, 2.24) is 0 Å². The zero-order valence-corrected chi connectivity index (χ0v) is 11.8. The molecule has 1 aromatic rings. The van der Waals surface area contributed by atoms with Gasteiger partial charge in [-0.15, -0.1) is 0 Å². The lowest BCUT2D eigenvalue weighted by atomic mass is 9.93. The average Bonchev–Trinajstić information content (AvgIpc) is 2.46. The summed E-state index contributed by atoms with van der Waals surface area (Å²) in [6, 6.07) is 5.17. The number of aliphatic hydroxyl groups is 1. The van der Waals surface area contributed by atoms with E-state index in [0.29, 0.717) is 11.3 Å². The van der Waals surface area contributed by atoms with Crippen LogP contribution >= 0.6 is 0 Å². The molecule has 0 aliphatic carbocycles. The highest BCUT2D eigenvalue weighted by atomic mass is 16.4. The average molecular weight is 275 g/mol. The van der Waals surface area contributed by atoms with Gasteiger partial charge in [0.05, 0.1) is 11.3 Å². The topological polar surface area (TPSA) is 60.8 Å². The number of carbonyl (C=O) groups is 1. The maximum atomic E-state index is 11.5. The van der Waals surface area contributed by atoms with Crippen LogP contribution in [0, 0.1) is 5.92 Å². The van der Waals surface area contributed by atoms with Crippen LogP contribution in [0.25, 0.3) is 5.76 Å². The Balaban J connectivity index is 2.35. The summed E-state index contributed by atoms with van der Waals surface area (Å²) < 4.78 is 0. The Morgan fingerprint density at radius 1 is 1.35 bits per heavy atom. The van der Waals surface area contributed by atoms with Crippen molar-refractivity contribution in [1.29, 1.82) is 0 Å². The minimum absolute atomic E-state index is 0.148. The van der Waals surface area contributed by atoms with Gasteiger partial charge in [-0.05, 0) is 24.8 Å². The van der Waals surface area contributed by atoms with E-state index in [-0.39, 0.29) is 11.3 Å². The predicted octanol–water partition coefficient (Wildman–Crippen LogP) is 3.54. The number of piperidine rings is 1. The molecule has 1 saturated heterocycles. The molecule has 0 bridgehead atoms. The second kappa shape index (κ2) is 5.99. The molecule has 2 rings (SSSR count). The lowest BCUT2D eigenvalue weighted by Crippen LogP contribution is -2.34. The van der Waals surface area contributed by atoms with Crippen LogP contribution in [0.15, 0.2) is 24.8 Å². The first kappa shape index (κ1) is 14.4. The number of benzene rings is 1. The molecule has 0 atom stereocenters. The van der Waals surface area contributed by atoms with Gasteiger partial charge in [0, 0.05) is 18.7 Å². The zero-order chi connectivity index (χ0) is 14.7. The van der Waals surface area contributed by atoms with Crippen LogP contribution in [0.1, 0.15) is 42.1 Å². The first-order chi connectivity index (χ1) is 9.54. The smallest absolute Gasteiger partial charge is 0.338 e. The van der Waals surface area contributed by atoms with Crippen LogP contribution in [-0.2, 0) is 0 Å². The molecule has 0 radical (unpaired) electrons. The monoisotopic (exact) mass is 275 g/mol. The molecule has 1 aliphatic rings. The van der Waals surface area contributed by atoms with Gasteiger partial charge in [-0.25, -0.2) is 4.79 Å². The molecule has 1 heterocycles. The summed E-state index contributed by atoms with van der Waals surface area (Å²) in [4.78, 5) is 13.6. The van der Waals surface area contributed by atoms with Crippen molar-refractivity contribution < 1.29 is 15.0 Å². The molecule has 108 valence electrons. The van der Waals surface area contributed by atoms with Crippen molar-refractivity contribution in [3.63, 3.8) is 0 Å². The summed E-state index contributed by atoms with van der Waals surface area (Å²) in [5.74, 6) is -0.494. The molecule has 0 aromatic heterocycles. The summed E-state index contributed by atoms with van der Waals surface area (Å²) in [7, 11) is 0. The Hall–Kier alpha value is -1.97. The van der Waals surface area contributed by atoms with E-state index < -0.39 is 5.97 Å². The third-order valence-electron chi connectivity index (χ3n) is 4.10. The Bertz CT molecular complexity index is 516. The van der Waals surface area contributed by atoms with Crippen molar-refractivity contribution in [3.8, 4) is 0 Å². The molecule has 0 saturated carbocycles. The van der Waals surface area contributed by atoms with E-state index in [1.807, 2.05) is 6.07 Å². The zero-order valence-electron chi connectivity index (χ0n) is 11.8. The molecule has 4 nitrogen and oxygen atoms in total. The van der Waals surface area contributed by atoms with Gasteiger partial charge in [-0.1, -0.05) is 32.1 Å². The largest absolute Gasteiger partial charge is 0.508 e. The lowest BCUT2D eigenvalue weighted by molar-refractivity contribution is 0.0696. The first-order valence-corrected chi connectivity index (χ1v) is 7.04. The number of hydrogen-bond acceptors (Lipinski definition) is 3. The second-order valence-electron chi connectivity index (χ2n) is 5.29. The van der Waals surface area contributed by atoms with Crippen molar-refractivity contribution in [3.05, 3.63) is 35.9 Å². The van der Waals surface area contributed by atoms with Crippen LogP contribution in [0.5, 0.6) is 0 Å². The Labute approximate surface area is 119 Å². The molecule has 20 heavy (non-hydrogen) atoms. The summed E-state index contributed by atoms with van der Waals surface area (Å²) in [5.41, 5.74) is 1.13. The Morgan fingerprint density at radius 3 is 2.50 bits per heavy atom. The van der Waals surface area contributed by atoms with Gasteiger partial charge < -0.3 is 15.1 Å². The second-order valence-corrected chi connectivity index (χ2v) is 5.29. The third kappa shape index (κ3) is 2.79. The summed E-state index contributed by atoms with van der Waals surface area (Å²) >= 11 is 0. The number of hydrogen-bond donors (Lipinski definition) is 2. The van der Waals surface area contributed by atoms with Gasteiger partial charge in [-0.2, -0.15) is 0 Å². The fourth-order valence-electron chi connectivity index (χ4n) is 2.85. The number of carboxylic acid groups (broad SMARTS) is 1. The van der Waals surface area contributed by atoms with Gasteiger partial charge in [0.1, 0.15) is 5.76 Å². The summed E-state index contributed by atoms with van der Waals surface area (Å²) in [6.45, 7) is 7.37. The maximum Gasteiger partial charge on any atom is 0.338 e. The number of anilines is 1. The maximum absolute atomic E-state index is 11.5. The van der Waals surface area contributed by atoms with E-state index in [1.54, 1.807) is 12.1 Å². The minimum Gasteiger partial charge on any atom is -0.508 e. The van der Waals surface area contributed by atoms with E-state index in [9.17, 15) is 15.0 Å². The van der Waals surface area contributed by atoms with Crippen LogP contribution in [-0.4, -0.2) is 29.3 Å². The van der Waals surface area contributed by atoms with Crippen LogP contribution in [0.4, 0.5) is 5.69 Å². The number of carboxylic acids is 1. The quantitative estimate of drug-likeness (QED) is 0.825. The van der Waals surface area contributed by atoms with E-state index in [1.165, 1.54) is 6.42 Å². The Morgan fingerprint density at radius 2 is 2.00 bits per heavy atom. The van der Waals surface area contributed by atoms with Gasteiger partial charge in [0.15, 0.2) is 0 Å². The normalized spacial score (nSPS) is 16.1. The molecule has 0 unspecified atom stereocenters.